The Kier molecular flexibility index (Phi) is 1.69. The second-order valence-corrected chi connectivity index (χ2v) is 4.27. The molecule has 0 saturated heterocycles. The van der Waals surface area contributed by atoms with Crippen LogP contribution in [0.2, 0.25) is 0 Å². The van der Waals surface area contributed by atoms with Gasteiger partial charge >= 0.3 is 0 Å². The molecule has 3 heteroatoms. The standard InChI is InChI=1S/C8H12N2S/c1-5-7(4-9)10-8(11-5)6-2-3-6/h6H,2-4,9H2,1H3. The molecule has 0 amide bonds. The maximum absolute atomic E-state index is 5.53. The third-order valence-corrected chi connectivity index (χ3v) is 3.20. The maximum Gasteiger partial charge on any atom is 0.0962 e. The number of nitrogens with two attached hydrogens (primary N) is 1. The largest absolute Gasteiger partial charge is 0.325 e. The average Bonchev–Trinajstić information content (AvgIpc) is 2.76. The Bertz CT molecular complexity index is 263. The van der Waals surface area contributed by atoms with Gasteiger partial charge in [0.2, 0.25) is 0 Å². The number of thiazole rings is 1. The van der Waals surface area contributed by atoms with Crippen molar-refractivity contribution in [2.45, 2.75) is 32.2 Å². The molecule has 1 heterocycles. The quantitative estimate of drug-likeness (QED) is 0.731. The first kappa shape index (κ1) is 7.25. The summed E-state index contributed by atoms with van der Waals surface area (Å²) >= 11 is 1.82. The number of hydrogen-bond acceptors (Lipinski definition) is 3. The molecule has 1 aromatic heterocycles. The van der Waals surface area contributed by atoms with E-state index in [2.05, 4.69) is 11.9 Å². The molecule has 0 bridgehead atoms. The lowest BCUT2D eigenvalue weighted by atomic mass is 10.4. The summed E-state index contributed by atoms with van der Waals surface area (Å²) in [7, 11) is 0. The van der Waals surface area contributed by atoms with Crippen LogP contribution in [-0.4, -0.2) is 4.98 Å². The number of rotatable bonds is 2. The van der Waals surface area contributed by atoms with E-state index < -0.39 is 0 Å². The van der Waals surface area contributed by atoms with E-state index in [-0.39, 0.29) is 0 Å². The molecule has 11 heavy (non-hydrogen) atoms. The molecular formula is C8H12N2S. The highest BCUT2D eigenvalue weighted by molar-refractivity contribution is 7.11. The van der Waals surface area contributed by atoms with Crippen molar-refractivity contribution in [2.24, 2.45) is 5.73 Å². The van der Waals surface area contributed by atoms with E-state index in [4.69, 9.17) is 5.73 Å². The van der Waals surface area contributed by atoms with Gasteiger partial charge in [-0.1, -0.05) is 0 Å². The van der Waals surface area contributed by atoms with Crippen LogP contribution in [0.3, 0.4) is 0 Å². The second-order valence-electron chi connectivity index (χ2n) is 3.03. The minimum Gasteiger partial charge on any atom is -0.325 e. The predicted octanol–water partition coefficient (Wildman–Crippen LogP) is 1.79. The Hall–Kier alpha value is -0.410. The van der Waals surface area contributed by atoms with Gasteiger partial charge < -0.3 is 5.73 Å². The molecule has 0 radical (unpaired) electrons. The van der Waals surface area contributed by atoms with Gasteiger partial charge in [0, 0.05) is 17.3 Å². The molecule has 0 aliphatic heterocycles. The summed E-state index contributed by atoms with van der Waals surface area (Å²) in [4.78, 5) is 5.78. The van der Waals surface area contributed by atoms with Crippen LogP contribution in [0.5, 0.6) is 0 Å². The van der Waals surface area contributed by atoms with Crippen molar-refractivity contribution in [1.82, 2.24) is 4.98 Å². The van der Waals surface area contributed by atoms with Crippen LogP contribution in [0, 0.1) is 6.92 Å². The Morgan fingerprint density at radius 3 is 2.82 bits per heavy atom. The van der Waals surface area contributed by atoms with Gasteiger partial charge in [-0.25, -0.2) is 4.98 Å². The van der Waals surface area contributed by atoms with Crippen molar-refractivity contribution >= 4 is 11.3 Å². The fourth-order valence-electron chi connectivity index (χ4n) is 1.14. The topological polar surface area (TPSA) is 38.9 Å². The summed E-state index contributed by atoms with van der Waals surface area (Å²) in [6.45, 7) is 2.70. The molecule has 1 fully saturated rings. The van der Waals surface area contributed by atoms with Crippen molar-refractivity contribution in [1.29, 1.82) is 0 Å². The first-order valence-corrected chi connectivity index (χ1v) is 4.79. The summed E-state index contributed by atoms with van der Waals surface area (Å²) in [6, 6.07) is 0. The van der Waals surface area contributed by atoms with E-state index in [0.29, 0.717) is 6.54 Å². The minimum atomic E-state index is 0.592. The Morgan fingerprint density at radius 2 is 2.36 bits per heavy atom. The fraction of sp³-hybridized carbons (Fsp3) is 0.625. The van der Waals surface area contributed by atoms with Crippen LogP contribution in [0.1, 0.15) is 34.3 Å². The van der Waals surface area contributed by atoms with Crippen LogP contribution in [-0.2, 0) is 6.54 Å². The molecule has 0 spiro atoms. The Morgan fingerprint density at radius 1 is 1.64 bits per heavy atom. The van der Waals surface area contributed by atoms with E-state index in [0.717, 1.165) is 11.6 Å². The van der Waals surface area contributed by atoms with Gasteiger partial charge in [-0.3, -0.25) is 0 Å². The maximum atomic E-state index is 5.53. The van der Waals surface area contributed by atoms with Gasteiger partial charge in [0.25, 0.3) is 0 Å². The molecule has 2 N–H and O–H groups in total. The van der Waals surface area contributed by atoms with Gasteiger partial charge in [-0.15, -0.1) is 11.3 Å². The molecule has 2 nitrogen and oxygen atoms in total. The molecule has 2 rings (SSSR count). The molecule has 60 valence electrons. The molecule has 0 atom stereocenters. The van der Waals surface area contributed by atoms with Crippen molar-refractivity contribution in [3.05, 3.63) is 15.6 Å². The van der Waals surface area contributed by atoms with Gasteiger partial charge in [0.05, 0.1) is 10.7 Å². The predicted molar refractivity (Wildman–Crippen MR) is 46.7 cm³/mol. The zero-order valence-electron chi connectivity index (χ0n) is 6.63. The summed E-state index contributed by atoms with van der Waals surface area (Å²) in [5.41, 5.74) is 6.62. The zero-order valence-corrected chi connectivity index (χ0v) is 7.45. The van der Waals surface area contributed by atoms with E-state index in [1.807, 2.05) is 11.3 Å². The van der Waals surface area contributed by atoms with Crippen LogP contribution in [0.15, 0.2) is 0 Å². The molecular weight excluding hydrogens is 156 g/mol. The highest BCUT2D eigenvalue weighted by atomic mass is 32.1. The van der Waals surface area contributed by atoms with Gasteiger partial charge in [0.1, 0.15) is 0 Å². The third kappa shape index (κ3) is 1.30. The normalized spacial score (nSPS) is 17.3. The first-order valence-electron chi connectivity index (χ1n) is 3.97. The molecule has 1 aromatic rings. The number of aromatic nitrogens is 1. The zero-order chi connectivity index (χ0) is 7.84. The van der Waals surface area contributed by atoms with Gasteiger partial charge in [-0.2, -0.15) is 0 Å². The van der Waals surface area contributed by atoms with Crippen LogP contribution >= 0.6 is 11.3 Å². The average molecular weight is 168 g/mol. The molecule has 1 saturated carbocycles. The van der Waals surface area contributed by atoms with E-state index >= 15 is 0 Å². The lowest BCUT2D eigenvalue weighted by molar-refractivity contribution is 0.958. The monoisotopic (exact) mass is 168 g/mol. The molecule has 1 aliphatic rings. The van der Waals surface area contributed by atoms with E-state index in [1.165, 1.54) is 22.7 Å². The van der Waals surface area contributed by atoms with E-state index in [1.54, 1.807) is 0 Å². The second kappa shape index (κ2) is 2.57. The summed E-state index contributed by atoms with van der Waals surface area (Å²) in [6.07, 6.45) is 2.66. The molecule has 0 unspecified atom stereocenters. The van der Waals surface area contributed by atoms with Crippen molar-refractivity contribution in [2.75, 3.05) is 0 Å². The lowest BCUT2D eigenvalue weighted by Gasteiger charge is -1.87. The minimum absolute atomic E-state index is 0.592. The Balaban J connectivity index is 2.28. The number of nitrogens with zero attached hydrogens (tertiary/aromatic N) is 1. The number of hydrogen-bond donors (Lipinski definition) is 1. The van der Waals surface area contributed by atoms with Gasteiger partial charge in [0.15, 0.2) is 0 Å². The van der Waals surface area contributed by atoms with Gasteiger partial charge in [-0.05, 0) is 19.8 Å². The van der Waals surface area contributed by atoms with Crippen molar-refractivity contribution in [3.8, 4) is 0 Å². The lowest BCUT2D eigenvalue weighted by Crippen LogP contribution is -1.98. The molecule has 1 aliphatic carbocycles. The summed E-state index contributed by atoms with van der Waals surface area (Å²) in [5.74, 6) is 0.777. The van der Waals surface area contributed by atoms with Crippen molar-refractivity contribution in [3.63, 3.8) is 0 Å². The SMILES string of the molecule is Cc1sc(C2CC2)nc1CN. The van der Waals surface area contributed by atoms with E-state index in [9.17, 15) is 0 Å². The summed E-state index contributed by atoms with van der Waals surface area (Å²) in [5, 5.41) is 1.31. The van der Waals surface area contributed by atoms with Crippen LogP contribution < -0.4 is 5.73 Å². The smallest absolute Gasteiger partial charge is 0.0962 e. The molecule has 0 aromatic carbocycles. The Labute approximate surface area is 70.5 Å². The highest BCUT2D eigenvalue weighted by Crippen LogP contribution is 2.42. The fourth-order valence-corrected chi connectivity index (χ4v) is 2.26. The first-order chi connectivity index (χ1) is 5.31. The highest BCUT2D eigenvalue weighted by Gasteiger charge is 2.27. The van der Waals surface area contributed by atoms with Crippen LogP contribution in [0.4, 0.5) is 0 Å². The van der Waals surface area contributed by atoms with Crippen LogP contribution in [0.25, 0.3) is 0 Å². The van der Waals surface area contributed by atoms with Crippen molar-refractivity contribution < 1.29 is 0 Å². The third-order valence-electron chi connectivity index (χ3n) is 2.03. The number of aryl methyl sites for hydroxylation is 1. The summed E-state index contributed by atoms with van der Waals surface area (Å²) < 4.78 is 0.